The van der Waals surface area contributed by atoms with Crippen molar-refractivity contribution < 1.29 is 22.3 Å². The van der Waals surface area contributed by atoms with Crippen LogP contribution in [-0.4, -0.2) is 62.2 Å². The molecule has 8 nitrogen and oxygen atoms in total. The largest absolute Gasteiger partial charge is 0.465 e. The number of esters is 1. The molecule has 1 aromatic heterocycles. The van der Waals surface area contributed by atoms with Crippen LogP contribution in [0, 0.1) is 5.82 Å². The Morgan fingerprint density at radius 1 is 1.22 bits per heavy atom. The second-order valence-corrected chi connectivity index (χ2v) is 7.95. The van der Waals surface area contributed by atoms with E-state index in [0.717, 1.165) is 5.69 Å². The number of ether oxygens (including phenoxy) is 1. The second-order valence-electron chi connectivity index (χ2n) is 6.09. The monoisotopic (exact) mass is 396 g/mol. The number of halogens is 1. The molecule has 27 heavy (non-hydrogen) atoms. The Bertz CT molecular complexity index is 919. The molecule has 2 aromatic rings. The molecular weight excluding hydrogens is 375 g/mol. The molecule has 0 amide bonds. The number of nitrogens with zero attached hydrogens (tertiary/aromatic N) is 3. The summed E-state index contributed by atoms with van der Waals surface area (Å²) >= 11 is 0. The van der Waals surface area contributed by atoms with E-state index in [0.29, 0.717) is 25.2 Å². The van der Waals surface area contributed by atoms with Gasteiger partial charge in [-0.25, -0.2) is 17.6 Å². The number of rotatable bonds is 5. The van der Waals surface area contributed by atoms with E-state index in [1.54, 1.807) is 19.1 Å². The zero-order valence-electron chi connectivity index (χ0n) is 15.1. The van der Waals surface area contributed by atoms with Gasteiger partial charge >= 0.3 is 5.97 Å². The second kappa shape index (κ2) is 7.65. The van der Waals surface area contributed by atoms with Gasteiger partial charge in [0.05, 0.1) is 12.8 Å². The van der Waals surface area contributed by atoms with Gasteiger partial charge in [0.25, 0.3) is 10.0 Å². The first-order chi connectivity index (χ1) is 12.9. The summed E-state index contributed by atoms with van der Waals surface area (Å²) in [7, 11) is -2.74. The summed E-state index contributed by atoms with van der Waals surface area (Å²) in [6.45, 7) is 3.15. The van der Waals surface area contributed by atoms with Crippen molar-refractivity contribution in [2.24, 2.45) is 0 Å². The first-order valence-corrected chi connectivity index (χ1v) is 9.98. The lowest BCUT2D eigenvalue weighted by molar-refractivity contribution is 0.0595. The molecule has 0 aliphatic carbocycles. The van der Waals surface area contributed by atoms with Gasteiger partial charge in [0.1, 0.15) is 11.4 Å². The predicted molar refractivity (Wildman–Crippen MR) is 96.7 cm³/mol. The lowest BCUT2D eigenvalue weighted by Crippen LogP contribution is -2.49. The molecule has 1 aromatic carbocycles. The number of benzene rings is 1. The Kier molecular flexibility index (Phi) is 5.47. The molecule has 1 N–H and O–H groups in total. The molecule has 0 bridgehead atoms. The Balaban J connectivity index is 1.80. The van der Waals surface area contributed by atoms with E-state index in [4.69, 9.17) is 4.74 Å². The highest BCUT2D eigenvalue weighted by atomic mass is 32.2. The van der Waals surface area contributed by atoms with Crippen LogP contribution < -0.4 is 4.90 Å². The van der Waals surface area contributed by atoms with E-state index >= 15 is 0 Å². The van der Waals surface area contributed by atoms with Gasteiger partial charge in [0, 0.05) is 31.9 Å². The first kappa shape index (κ1) is 19.3. The highest BCUT2D eigenvalue weighted by molar-refractivity contribution is 7.89. The summed E-state index contributed by atoms with van der Waals surface area (Å²) in [5.41, 5.74) is 1.21. The van der Waals surface area contributed by atoms with Crippen molar-refractivity contribution in [2.45, 2.75) is 18.4 Å². The summed E-state index contributed by atoms with van der Waals surface area (Å²) in [5.74, 6) is -1.05. The van der Waals surface area contributed by atoms with Gasteiger partial charge in [-0.3, -0.25) is 5.10 Å². The molecule has 10 heteroatoms. The fourth-order valence-electron chi connectivity index (χ4n) is 3.08. The number of aromatic nitrogens is 2. The number of piperazine rings is 1. The zero-order valence-corrected chi connectivity index (χ0v) is 15.9. The van der Waals surface area contributed by atoms with Crippen LogP contribution in [0.4, 0.5) is 10.1 Å². The van der Waals surface area contributed by atoms with Crippen LogP contribution in [0.25, 0.3) is 0 Å². The number of nitrogens with one attached hydrogen (secondary N) is 1. The van der Waals surface area contributed by atoms with Crippen LogP contribution in [-0.2, 0) is 21.2 Å². The third kappa shape index (κ3) is 3.67. The molecule has 1 aliphatic heterocycles. The van der Waals surface area contributed by atoms with Crippen molar-refractivity contribution in [1.29, 1.82) is 0 Å². The quantitative estimate of drug-likeness (QED) is 0.768. The molecule has 1 saturated heterocycles. The Morgan fingerprint density at radius 3 is 2.41 bits per heavy atom. The van der Waals surface area contributed by atoms with Crippen LogP contribution in [0.15, 0.2) is 29.3 Å². The average molecular weight is 396 g/mol. The van der Waals surface area contributed by atoms with E-state index in [1.165, 1.54) is 23.5 Å². The number of H-pyrrole nitrogens is 1. The van der Waals surface area contributed by atoms with Gasteiger partial charge in [0.15, 0.2) is 0 Å². The zero-order chi connectivity index (χ0) is 19.6. The van der Waals surface area contributed by atoms with Gasteiger partial charge in [-0.1, -0.05) is 6.92 Å². The highest BCUT2D eigenvalue weighted by Crippen LogP contribution is 2.24. The third-order valence-corrected chi connectivity index (χ3v) is 6.39. The summed E-state index contributed by atoms with van der Waals surface area (Å²) in [6, 6.07) is 6.07. The number of carbonyl (C=O) groups excluding carboxylic acids is 1. The van der Waals surface area contributed by atoms with Gasteiger partial charge in [-0.2, -0.15) is 9.40 Å². The number of hydrogen-bond acceptors (Lipinski definition) is 6. The number of methoxy groups -OCH3 is 1. The molecule has 0 atom stereocenters. The van der Waals surface area contributed by atoms with Crippen LogP contribution in [0.5, 0.6) is 0 Å². The Labute approximate surface area is 157 Å². The van der Waals surface area contributed by atoms with Crippen LogP contribution in [0.1, 0.15) is 23.0 Å². The smallest absolute Gasteiger partial charge is 0.342 e. The van der Waals surface area contributed by atoms with Gasteiger partial charge in [-0.05, 0) is 30.7 Å². The lowest BCUT2D eigenvalue weighted by atomic mass is 10.2. The van der Waals surface area contributed by atoms with Crippen molar-refractivity contribution in [3.05, 3.63) is 41.3 Å². The fraction of sp³-hybridized carbons (Fsp3) is 0.412. The lowest BCUT2D eigenvalue weighted by Gasteiger charge is -2.35. The maximum atomic E-state index is 13.1. The average Bonchev–Trinajstić information content (AvgIpc) is 3.13. The van der Waals surface area contributed by atoms with E-state index < -0.39 is 16.0 Å². The minimum Gasteiger partial charge on any atom is -0.465 e. The molecule has 0 saturated carbocycles. The van der Waals surface area contributed by atoms with Gasteiger partial charge in [0.2, 0.25) is 5.03 Å². The minimum atomic E-state index is -3.95. The highest BCUT2D eigenvalue weighted by Gasteiger charge is 2.36. The summed E-state index contributed by atoms with van der Waals surface area (Å²) < 4.78 is 45.1. The summed E-state index contributed by atoms with van der Waals surface area (Å²) in [6.07, 6.45) is 0.422. The molecule has 0 radical (unpaired) electrons. The first-order valence-electron chi connectivity index (χ1n) is 8.54. The number of anilines is 1. The molecule has 0 spiro atoms. The van der Waals surface area contributed by atoms with Gasteiger partial charge < -0.3 is 9.64 Å². The fourth-order valence-corrected chi connectivity index (χ4v) is 4.59. The standard InChI is InChI=1S/C17H21FN4O4S/c1-3-14-15(17(23)26-2)16(20-19-14)27(24,25)22-10-8-21(9-11-22)13-6-4-12(18)5-7-13/h4-7H,3,8-11H2,1-2H3,(H,19,20). The van der Waals surface area contributed by atoms with Crippen molar-refractivity contribution in [2.75, 3.05) is 38.2 Å². The molecule has 0 unspecified atom stereocenters. The van der Waals surface area contributed by atoms with Crippen LogP contribution >= 0.6 is 0 Å². The Morgan fingerprint density at radius 2 is 1.85 bits per heavy atom. The number of aromatic amines is 1. The topological polar surface area (TPSA) is 95.6 Å². The van der Waals surface area contributed by atoms with Crippen molar-refractivity contribution in [3.63, 3.8) is 0 Å². The number of carbonyl (C=O) groups is 1. The maximum absolute atomic E-state index is 13.1. The van der Waals surface area contributed by atoms with Crippen molar-refractivity contribution >= 4 is 21.7 Å². The van der Waals surface area contributed by atoms with Crippen LogP contribution in [0.3, 0.4) is 0 Å². The van der Waals surface area contributed by atoms with E-state index in [2.05, 4.69) is 10.2 Å². The minimum absolute atomic E-state index is 0.0408. The third-order valence-electron chi connectivity index (χ3n) is 4.57. The predicted octanol–water partition coefficient (Wildman–Crippen LogP) is 1.41. The number of hydrogen-bond donors (Lipinski definition) is 1. The van der Waals surface area contributed by atoms with Crippen molar-refractivity contribution in [3.8, 4) is 0 Å². The molecular formula is C17H21FN4O4S. The van der Waals surface area contributed by atoms with Gasteiger partial charge in [-0.15, -0.1) is 0 Å². The maximum Gasteiger partial charge on any atom is 0.342 e. The van der Waals surface area contributed by atoms with E-state index in [-0.39, 0.29) is 29.5 Å². The molecule has 2 heterocycles. The van der Waals surface area contributed by atoms with E-state index in [1.807, 2.05) is 4.90 Å². The van der Waals surface area contributed by atoms with Crippen molar-refractivity contribution in [1.82, 2.24) is 14.5 Å². The number of sulfonamides is 1. The summed E-state index contributed by atoms with van der Waals surface area (Å²) in [4.78, 5) is 14.0. The Hall–Kier alpha value is -2.46. The number of aryl methyl sites for hydroxylation is 1. The molecule has 1 aliphatic rings. The molecule has 1 fully saturated rings. The molecule has 146 valence electrons. The van der Waals surface area contributed by atoms with Crippen LogP contribution in [0.2, 0.25) is 0 Å². The normalized spacial score (nSPS) is 15.7. The van der Waals surface area contributed by atoms with E-state index in [9.17, 15) is 17.6 Å². The molecule has 3 rings (SSSR count). The summed E-state index contributed by atoms with van der Waals surface area (Å²) in [5, 5.41) is 6.20. The SMILES string of the molecule is CCc1[nH]nc(S(=O)(=O)N2CCN(c3ccc(F)cc3)CC2)c1C(=O)OC.